The molecule has 78 valence electrons. The Morgan fingerprint density at radius 2 is 2.13 bits per heavy atom. The molecule has 0 saturated heterocycles. The lowest BCUT2D eigenvalue weighted by Gasteiger charge is -2.06. The number of hydrogen-bond donors (Lipinski definition) is 1. The summed E-state index contributed by atoms with van der Waals surface area (Å²) in [6.45, 7) is 4.89. The van der Waals surface area contributed by atoms with Gasteiger partial charge in [-0.3, -0.25) is 0 Å². The predicted octanol–water partition coefficient (Wildman–Crippen LogP) is 1.53. The maximum Gasteiger partial charge on any atom is 0.239 e. The van der Waals surface area contributed by atoms with Crippen LogP contribution in [-0.2, 0) is 6.54 Å². The number of nitrogen functional groups attached to an aromatic ring is 1. The highest BCUT2D eigenvalue weighted by Crippen LogP contribution is 2.11. The van der Waals surface area contributed by atoms with Crippen molar-refractivity contribution in [3.05, 3.63) is 41.2 Å². The Kier molecular flexibility index (Phi) is 2.41. The lowest BCUT2D eigenvalue weighted by Crippen LogP contribution is -2.03. The van der Waals surface area contributed by atoms with Gasteiger partial charge in [0.25, 0.3) is 0 Å². The third-order valence-corrected chi connectivity index (χ3v) is 2.39. The van der Waals surface area contributed by atoms with Crippen molar-refractivity contribution < 1.29 is 0 Å². The molecule has 0 bridgehead atoms. The second-order valence-corrected chi connectivity index (χ2v) is 3.73. The van der Waals surface area contributed by atoms with Crippen molar-refractivity contribution in [1.29, 1.82) is 0 Å². The summed E-state index contributed by atoms with van der Waals surface area (Å²) in [5.41, 5.74) is 9.22. The minimum Gasteiger partial charge on any atom is -0.367 e. The van der Waals surface area contributed by atoms with Gasteiger partial charge in [-0.05, 0) is 25.0 Å². The van der Waals surface area contributed by atoms with E-state index in [1.807, 2.05) is 0 Å². The average molecular weight is 202 g/mol. The molecule has 1 aromatic heterocycles. The van der Waals surface area contributed by atoms with Crippen molar-refractivity contribution in [3.63, 3.8) is 0 Å². The number of rotatable bonds is 2. The van der Waals surface area contributed by atoms with Gasteiger partial charge in [0.15, 0.2) is 0 Å². The quantitative estimate of drug-likeness (QED) is 0.803. The zero-order valence-electron chi connectivity index (χ0n) is 8.94. The number of nitrogens with two attached hydrogens (primary N) is 1. The van der Waals surface area contributed by atoms with Crippen molar-refractivity contribution in [1.82, 2.24) is 14.8 Å². The van der Waals surface area contributed by atoms with E-state index in [2.05, 4.69) is 42.1 Å². The molecule has 2 rings (SSSR count). The van der Waals surface area contributed by atoms with Crippen LogP contribution in [0.2, 0.25) is 0 Å². The Labute approximate surface area is 88.8 Å². The standard InChI is InChI=1S/C11H14N4/c1-8-3-4-9(2)10(5-8)6-15-7-13-11(12)14-15/h3-5,7H,6H2,1-2H3,(H2,12,14). The molecule has 2 N–H and O–H groups in total. The van der Waals surface area contributed by atoms with Gasteiger partial charge in [0.05, 0.1) is 6.54 Å². The summed E-state index contributed by atoms with van der Waals surface area (Å²) >= 11 is 0. The van der Waals surface area contributed by atoms with Crippen LogP contribution in [0.5, 0.6) is 0 Å². The number of aromatic nitrogens is 3. The molecule has 0 amide bonds. The lowest BCUT2D eigenvalue weighted by atomic mass is 10.1. The van der Waals surface area contributed by atoms with Gasteiger partial charge >= 0.3 is 0 Å². The van der Waals surface area contributed by atoms with E-state index < -0.39 is 0 Å². The van der Waals surface area contributed by atoms with Crippen LogP contribution in [0.4, 0.5) is 5.95 Å². The molecule has 0 radical (unpaired) electrons. The first-order chi connectivity index (χ1) is 7.15. The molecule has 4 heteroatoms. The monoisotopic (exact) mass is 202 g/mol. The van der Waals surface area contributed by atoms with Crippen molar-refractivity contribution in [2.45, 2.75) is 20.4 Å². The molecule has 1 heterocycles. The third-order valence-electron chi connectivity index (χ3n) is 2.39. The number of hydrogen-bond acceptors (Lipinski definition) is 3. The van der Waals surface area contributed by atoms with Crippen LogP contribution in [0.3, 0.4) is 0 Å². The van der Waals surface area contributed by atoms with Gasteiger partial charge in [-0.1, -0.05) is 23.8 Å². The highest BCUT2D eigenvalue weighted by Gasteiger charge is 2.01. The molecule has 2 aromatic rings. The van der Waals surface area contributed by atoms with Crippen LogP contribution in [0, 0.1) is 13.8 Å². The molecule has 0 aliphatic carbocycles. The molecule has 1 aromatic carbocycles. The fourth-order valence-corrected chi connectivity index (χ4v) is 1.53. The van der Waals surface area contributed by atoms with Gasteiger partial charge < -0.3 is 5.73 Å². The van der Waals surface area contributed by atoms with Crippen LogP contribution in [0.25, 0.3) is 0 Å². The van der Waals surface area contributed by atoms with Crippen molar-refractivity contribution in [3.8, 4) is 0 Å². The number of benzene rings is 1. The summed E-state index contributed by atoms with van der Waals surface area (Å²) in [4.78, 5) is 3.89. The number of aryl methyl sites for hydroxylation is 2. The van der Waals surface area contributed by atoms with Crippen LogP contribution in [0.1, 0.15) is 16.7 Å². The molecule has 0 saturated carbocycles. The van der Waals surface area contributed by atoms with E-state index >= 15 is 0 Å². The minimum absolute atomic E-state index is 0.320. The highest BCUT2D eigenvalue weighted by molar-refractivity contribution is 5.30. The minimum atomic E-state index is 0.320. The summed E-state index contributed by atoms with van der Waals surface area (Å²) in [5, 5.41) is 4.06. The van der Waals surface area contributed by atoms with Gasteiger partial charge in [0.2, 0.25) is 5.95 Å². The first-order valence-electron chi connectivity index (χ1n) is 4.86. The molecular weight excluding hydrogens is 188 g/mol. The van der Waals surface area contributed by atoms with Gasteiger partial charge in [0, 0.05) is 0 Å². The van der Waals surface area contributed by atoms with Gasteiger partial charge in [-0.2, -0.15) is 0 Å². The van der Waals surface area contributed by atoms with E-state index in [9.17, 15) is 0 Å². The largest absolute Gasteiger partial charge is 0.367 e. The maximum absolute atomic E-state index is 5.46. The van der Waals surface area contributed by atoms with Gasteiger partial charge in [0.1, 0.15) is 6.33 Å². The maximum atomic E-state index is 5.46. The Morgan fingerprint density at radius 1 is 1.33 bits per heavy atom. The summed E-state index contributed by atoms with van der Waals surface area (Å²) in [7, 11) is 0. The third kappa shape index (κ3) is 2.15. The molecule has 0 spiro atoms. The van der Waals surface area contributed by atoms with Gasteiger partial charge in [-0.25, -0.2) is 9.67 Å². The molecular formula is C11H14N4. The topological polar surface area (TPSA) is 56.7 Å². The number of nitrogens with zero attached hydrogens (tertiary/aromatic N) is 3. The first kappa shape index (κ1) is 9.71. The van der Waals surface area contributed by atoms with E-state index in [-0.39, 0.29) is 0 Å². The van der Waals surface area contributed by atoms with Crippen molar-refractivity contribution >= 4 is 5.95 Å². The van der Waals surface area contributed by atoms with Crippen LogP contribution in [-0.4, -0.2) is 14.8 Å². The molecule has 0 aliphatic heterocycles. The second-order valence-electron chi connectivity index (χ2n) is 3.73. The number of anilines is 1. The van der Waals surface area contributed by atoms with Crippen molar-refractivity contribution in [2.24, 2.45) is 0 Å². The van der Waals surface area contributed by atoms with Crippen molar-refractivity contribution in [2.75, 3.05) is 5.73 Å². The Morgan fingerprint density at radius 3 is 2.80 bits per heavy atom. The fourth-order valence-electron chi connectivity index (χ4n) is 1.53. The molecule has 0 fully saturated rings. The fraction of sp³-hybridized carbons (Fsp3) is 0.273. The summed E-state index contributed by atoms with van der Waals surface area (Å²) in [5.74, 6) is 0.320. The smallest absolute Gasteiger partial charge is 0.239 e. The van der Waals surface area contributed by atoms with E-state index in [4.69, 9.17) is 5.73 Å². The zero-order valence-corrected chi connectivity index (χ0v) is 8.94. The molecule has 4 nitrogen and oxygen atoms in total. The molecule has 0 aliphatic rings. The highest BCUT2D eigenvalue weighted by atomic mass is 15.4. The molecule has 15 heavy (non-hydrogen) atoms. The first-order valence-corrected chi connectivity index (χ1v) is 4.86. The summed E-state index contributed by atoms with van der Waals surface area (Å²) < 4.78 is 1.75. The normalized spacial score (nSPS) is 10.5. The van der Waals surface area contributed by atoms with E-state index in [1.54, 1.807) is 11.0 Å². The Balaban J connectivity index is 2.27. The summed E-state index contributed by atoms with van der Waals surface area (Å²) in [6.07, 6.45) is 1.65. The van der Waals surface area contributed by atoms with Gasteiger partial charge in [-0.15, -0.1) is 5.10 Å². The Hall–Kier alpha value is -1.84. The molecule has 0 unspecified atom stereocenters. The van der Waals surface area contributed by atoms with E-state index in [0.29, 0.717) is 5.95 Å². The summed E-state index contributed by atoms with van der Waals surface area (Å²) in [6, 6.07) is 6.38. The lowest BCUT2D eigenvalue weighted by molar-refractivity contribution is 0.684. The van der Waals surface area contributed by atoms with Crippen LogP contribution >= 0.6 is 0 Å². The molecule has 0 atom stereocenters. The van der Waals surface area contributed by atoms with Crippen LogP contribution < -0.4 is 5.73 Å². The van der Waals surface area contributed by atoms with Crippen LogP contribution in [0.15, 0.2) is 24.5 Å². The average Bonchev–Trinajstić information content (AvgIpc) is 2.58. The van der Waals surface area contributed by atoms with E-state index in [0.717, 1.165) is 6.54 Å². The second kappa shape index (κ2) is 3.73. The SMILES string of the molecule is Cc1ccc(C)c(Cn2cnc(N)n2)c1. The Bertz CT molecular complexity index is 473. The van der Waals surface area contributed by atoms with E-state index in [1.165, 1.54) is 16.7 Å². The predicted molar refractivity (Wildman–Crippen MR) is 59.5 cm³/mol. The zero-order chi connectivity index (χ0) is 10.8.